The predicted molar refractivity (Wildman–Crippen MR) is 119 cm³/mol. The summed E-state index contributed by atoms with van der Waals surface area (Å²) in [6.45, 7) is 8.33. The third kappa shape index (κ3) is 4.59. The average molecular weight is 448 g/mol. The Balaban J connectivity index is 1.34. The van der Waals surface area contributed by atoms with Crippen molar-refractivity contribution < 1.29 is 13.2 Å². The lowest BCUT2D eigenvalue weighted by molar-refractivity contribution is -0.137. The van der Waals surface area contributed by atoms with E-state index >= 15 is 0 Å². The van der Waals surface area contributed by atoms with Gasteiger partial charge in [-0.15, -0.1) is 0 Å². The molecule has 3 nitrogen and oxygen atoms in total. The number of fused-ring (bicyclic) bond motifs is 2. The first-order valence-corrected chi connectivity index (χ1v) is 11.9. The summed E-state index contributed by atoms with van der Waals surface area (Å²) in [5, 5.41) is 0. The highest BCUT2D eigenvalue weighted by molar-refractivity contribution is 7.99. The molecular formula is C24H28F3N3S. The molecule has 7 heteroatoms. The number of alkyl halides is 3. The molecule has 2 aliphatic heterocycles. The molecule has 2 fully saturated rings. The lowest BCUT2D eigenvalue weighted by atomic mass is 10.1. The van der Waals surface area contributed by atoms with Gasteiger partial charge in [-0.25, -0.2) is 0 Å². The Bertz CT molecular complexity index is 936. The summed E-state index contributed by atoms with van der Waals surface area (Å²) in [5.41, 5.74) is 1.09. The van der Waals surface area contributed by atoms with Gasteiger partial charge in [0.1, 0.15) is 0 Å². The standard InChI is InChI=1S/C24H28F3N3S/c1-17(15-28-10-12-29(13-11-28)19-7-8-19)16-30-20-4-2-3-5-22(20)31-23-9-6-18(14-21(23)30)24(25,26)27/h2-6,9,14,17,19H,7-8,10-13,15-16H2,1H3. The van der Waals surface area contributed by atoms with Crippen molar-refractivity contribution in [3.63, 3.8) is 0 Å². The highest BCUT2D eigenvalue weighted by Crippen LogP contribution is 2.49. The second-order valence-corrected chi connectivity index (χ2v) is 10.1. The van der Waals surface area contributed by atoms with Crippen LogP contribution in [0.2, 0.25) is 0 Å². The van der Waals surface area contributed by atoms with E-state index in [0.717, 1.165) is 54.2 Å². The van der Waals surface area contributed by atoms with E-state index in [1.54, 1.807) is 17.8 Å². The molecule has 0 spiro atoms. The minimum atomic E-state index is -4.34. The molecular weight excluding hydrogens is 419 g/mol. The van der Waals surface area contributed by atoms with Gasteiger partial charge < -0.3 is 9.80 Å². The molecule has 1 saturated heterocycles. The minimum absolute atomic E-state index is 0.339. The van der Waals surface area contributed by atoms with E-state index in [9.17, 15) is 13.2 Å². The van der Waals surface area contributed by atoms with Gasteiger partial charge in [0, 0.05) is 55.1 Å². The molecule has 2 aromatic carbocycles. The summed E-state index contributed by atoms with van der Waals surface area (Å²) >= 11 is 1.55. The molecule has 3 aliphatic rings. The summed E-state index contributed by atoms with van der Waals surface area (Å²) in [6.07, 6.45) is -1.64. The number of hydrogen-bond acceptors (Lipinski definition) is 4. The van der Waals surface area contributed by atoms with Crippen molar-refractivity contribution in [1.29, 1.82) is 0 Å². The third-order valence-electron chi connectivity index (χ3n) is 6.49. The quantitative estimate of drug-likeness (QED) is 0.579. The molecule has 5 rings (SSSR count). The molecule has 1 saturated carbocycles. The Morgan fingerprint density at radius 1 is 0.935 bits per heavy atom. The second kappa shape index (κ2) is 8.34. The Labute approximate surface area is 186 Å². The number of para-hydroxylation sites is 1. The lowest BCUT2D eigenvalue weighted by Gasteiger charge is -2.38. The number of benzene rings is 2. The van der Waals surface area contributed by atoms with E-state index < -0.39 is 11.7 Å². The average Bonchev–Trinajstić information content (AvgIpc) is 3.58. The van der Waals surface area contributed by atoms with Crippen LogP contribution in [0.15, 0.2) is 52.3 Å². The zero-order valence-electron chi connectivity index (χ0n) is 17.7. The van der Waals surface area contributed by atoms with E-state index in [4.69, 9.17) is 0 Å². The molecule has 0 aromatic heterocycles. The molecule has 1 atom stereocenters. The van der Waals surface area contributed by atoms with Gasteiger partial charge in [-0.05, 0) is 49.1 Å². The van der Waals surface area contributed by atoms with Crippen molar-refractivity contribution in [1.82, 2.24) is 9.80 Å². The molecule has 31 heavy (non-hydrogen) atoms. The molecule has 0 N–H and O–H groups in total. The SMILES string of the molecule is CC(CN1CCN(C2CC2)CC1)CN1c2ccccc2Sc2ccc(C(F)(F)F)cc21. The summed E-state index contributed by atoms with van der Waals surface area (Å²) < 4.78 is 40.2. The van der Waals surface area contributed by atoms with E-state index in [2.05, 4.69) is 27.7 Å². The normalized spacial score (nSPS) is 21.0. The van der Waals surface area contributed by atoms with Gasteiger partial charge in [0.2, 0.25) is 0 Å². The molecule has 166 valence electrons. The number of rotatable bonds is 5. The van der Waals surface area contributed by atoms with Crippen molar-refractivity contribution in [2.24, 2.45) is 5.92 Å². The van der Waals surface area contributed by atoms with E-state index in [0.29, 0.717) is 18.2 Å². The van der Waals surface area contributed by atoms with Crippen LogP contribution in [0.5, 0.6) is 0 Å². The lowest BCUT2D eigenvalue weighted by Crippen LogP contribution is -2.49. The molecule has 0 bridgehead atoms. The Kier molecular flexibility index (Phi) is 5.69. The summed E-state index contributed by atoms with van der Waals surface area (Å²) in [6, 6.07) is 13.0. The highest BCUT2D eigenvalue weighted by atomic mass is 32.2. The fraction of sp³-hybridized carbons (Fsp3) is 0.500. The molecule has 0 radical (unpaired) electrons. The minimum Gasteiger partial charge on any atom is -0.339 e. The van der Waals surface area contributed by atoms with Gasteiger partial charge >= 0.3 is 6.18 Å². The van der Waals surface area contributed by atoms with Crippen LogP contribution in [-0.4, -0.2) is 55.1 Å². The fourth-order valence-electron chi connectivity index (χ4n) is 4.76. The van der Waals surface area contributed by atoms with Gasteiger partial charge in [0.05, 0.1) is 16.9 Å². The van der Waals surface area contributed by atoms with Crippen LogP contribution in [0, 0.1) is 5.92 Å². The molecule has 2 aromatic rings. The monoisotopic (exact) mass is 447 g/mol. The largest absolute Gasteiger partial charge is 0.416 e. The molecule has 0 amide bonds. The maximum atomic E-state index is 13.4. The van der Waals surface area contributed by atoms with Gasteiger partial charge in [0.25, 0.3) is 0 Å². The second-order valence-electron chi connectivity index (χ2n) is 9.03. The zero-order valence-corrected chi connectivity index (χ0v) is 18.6. The maximum absolute atomic E-state index is 13.4. The van der Waals surface area contributed by atoms with E-state index in [1.165, 1.54) is 25.0 Å². The van der Waals surface area contributed by atoms with Crippen LogP contribution in [0.3, 0.4) is 0 Å². The molecule has 1 unspecified atom stereocenters. The van der Waals surface area contributed by atoms with Crippen LogP contribution in [-0.2, 0) is 6.18 Å². The number of nitrogens with zero attached hydrogens (tertiary/aromatic N) is 3. The molecule has 1 aliphatic carbocycles. The first-order chi connectivity index (χ1) is 14.9. The zero-order chi connectivity index (χ0) is 21.6. The first kappa shape index (κ1) is 21.2. The smallest absolute Gasteiger partial charge is 0.339 e. The topological polar surface area (TPSA) is 9.72 Å². The van der Waals surface area contributed by atoms with Crippen LogP contribution in [0.25, 0.3) is 0 Å². The number of piperazine rings is 1. The van der Waals surface area contributed by atoms with Crippen molar-refractivity contribution >= 4 is 23.1 Å². The maximum Gasteiger partial charge on any atom is 0.416 e. The van der Waals surface area contributed by atoms with Crippen LogP contribution in [0.4, 0.5) is 24.5 Å². The van der Waals surface area contributed by atoms with Crippen molar-refractivity contribution in [3.05, 3.63) is 48.0 Å². The van der Waals surface area contributed by atoms with Crippen LogP contribution in [0.1, 0.15) is 25.3 Å². The Morgan fingerprint density at radius 2 is 1.65 bits per heavy atom. The first-order valence-electron chi connectivity index (χ1n) is 11.1. The van der Waals surface area contributed by atoms with Gasteiger partial charge in [-0.2, -0.15) is 13.2 Å². The van der Waals surface area contributed by atoms with Crippen LogP contribution >= 0.6 is 11.8 Å². The fourth-order valence-corrected chi connectivity index (χ4v) is 5.84. The summed E-state index contributed by atoms with van der Waals surface area (Å²) in [4.78, 5) is 9.20. The van der Waals surface area contributed by atoms with E-state index in [1.807, 2.05) is 18.2 Å². The number of anilines is 2. The van der Waals surface area contributed by atoms with Gasteiger partial charge in [-0.3, -0.25) is 4.90 Å². The summed E-state index contributed by atoms with van der Waals surface area (Å²) in [7, 11) is 0. The van der Waals surface area contributed by atoms with Gasteiger partial charge in [-0.1, -0.05) is 30.8 Å². The predicted octanol–water partition coefficient (Wildman–Crippen LogP) is 5.72. The Hall–Kier alpha value is -1.70. The number of hydrogen-bond donors (Lipinski definition) is 0. The van der Waals surface area contributed by atoms with Crippen molar-refractivity contribution in [3.8, 4) is 0 Å². The van der Waals surface area contributed by atoms with Crippen LogP contribution < -0.4 is 4.90 Å². The highest BCUT2D eigenvalue weighted by Gasteiger charge is 2.34. The molecule has 2 heterocycles. The number of halogens is 3. The van der Waals surface area contributed by atoms with Gasteiger partial charge in [0.15, 0.2) is 0 Å². The van der Waals surface area contributed by atoms with E-state index in [-0.39, 0.29) is 0 Å². The third-order valence-corrected chi connectivity index (χ3v) is 7.62. The van der Waals surface area contributed by atoms with Crippen molar-refractivity contribution in [2.45, 2.75) is 41.8 Å². The Morgan fingerprint density at radius 3 is 2.35 bits per heavy atom. The summed E-state index contributed by atoms with van der Waals surface area (Å²) in [5.74, 6) is 0.339. The van der Waals surface area contributed by atoms with Crippen molar-refractivity contribution in [2.75, 3.05) is 44.2 Å².